The van der Waals surface area contributed by atoms with Crippen LogP contribution >= 0.6 is 0 Å². The van der Waals surface area contributed by atoms with Gasteiger partial charge in [0.25, 0.3) is 0 Å². The molecule has 2 N–H and O–H groups in total. The summed E-state index contributed by atoms with van der Waals surface area (Å²) in [5, 5.41) is 18.3. The lowest BCUT2D eigenvalue weighted by Crippen LogP contribution is -2.49. The summed E-state index contributed by atoms with van der Waals surface area (Å²) in [4.78, 5) is 24.5. The Hall–Kier alpha value is -1.30. The third-order valence-corrected chi connectivity index (χ3v) is 2.31. The van der Waals surface area contributed by atoms with Gasteiger partial charge >= 0.3 is 6.09 Å². The van der Waals surface area contributed by atoms with Crippen LogP contribution in [0.3, 0.4) is 0 Å². The van der Waals surface area contributed by atoms with E-state index in [1.54, 1.807) is 0 Å². The number of likely N-dealkylation sites (tertiary alicyclic amines) is 1. The van der Waals surface area contributed by atoms with Gasteiger partial charge in [-0.2, -0.15) is 0 Å². The summed E-state index contributed by atoms with van der Waals surface area (Å²) in [5.41, 5.74) is 0. The number of carboxylic acid groups (broad SMARTS) is 1. The van der Waals surface area contributed by atoms with Crippen LogP contribution in [0.5, 0.6) is 0 Å². The monoisotopic (exact) mass is 202 g/mol. The summed E-state index contributed by atoms with van der Waals surface area (Å²) in [6, 6.07) is -0.942. The van der Waals surface area contributed by atoms with Crippen LogP contribution in [-0.2, 0) is 4.79 Å². The summed E-state index contributed by atoms with van der Waals surface area (Å²) in [6.07, 6.45) is -1.74. The molecular weight excluding hydrogens is 188 g/mol. The Labute approximate surface area is 81.7 Å². The molecule has 2 amide bonds. The third kappa shape index (κ3) is 1.79. The van der Waals surface area contributed by atoms with Crippen molar-refractivity contribution in [1.29, 1.82) is 0 Å². The smallest absolute Gasteiger partial charge is 0.408 e. The van der Waals surface area contributed by atoms with Crippen LogP contribution in [0, 0.1) is 0 Å². The molecule has 0 aromatic carbocycles. The summed E-state index contributed by atoms with van der Waals surface area (Å²) >= 11 is 0. The van der Waals surface area contributed by atoms with Crippen molar-refractivity contribution >= 4 is 12.0 Å². The number of hydrogen-bond donors (Lipinski definition) is 2. The van der Waals surface area contributed by atoms with Crippen LogP contribution in [0.4, 0.5) is 4.79 Å². The highest BCUT2D eigenvalue weighted by atomic mass is 16.4. The molecular formula is C8H14N2O4. The number of rotatable bonds is 1. The molecule has 1 rings (SSSR count). The number of aliphatic hydroxyl groups excluding tert-OH is 1. The first-order chi connectivity index (χ1) is 6.45. The molecule has 0 radical (unpaired) electrons. The van der Waals surface area contributed by atoms with Crippen LogP contribution in [0.15, 0.2) is 0 Å². The van der Waals surface area contributed by atoms with E-state index < -0.39 is 18.2 Å². The number of carbonyl (C=O) groups is 2. The number of nitrogens with zero attached hydrogens (tertiary/aromatic N) is 2. The van der Waals surface area contributed by atoms with Crippen LogP contribution in [0.25, 0.3) is 0 Å². The molecule has 6 nitrogen and oxygen atoms in total. The third-order valence-electron chi connectivity index (χ3n) is 2.31. The maximum Gasteiger partial charge on any atom is 0.408 e. The van der Waals surface area contributed by atoms with Gasteiger partial charge in [0.15, 0.2) is 0 Å². The van der Waals surface area contributed by atoms with Crippen LogP contribution in [0.1, 0.15) is 6.42 Å². The summed E-state index contributed by atoms with van der Waals surface area (Å²) in [7, 11) is 3.07. The quantitative estimate of drug-likeness (QED) is 0.582. The van der Waals surface area contributed by atoms with Gasteiger partial charge in [-0.15, -0.1) is 0 Å². The molecule has 80 valence electrons. The molecule has 0 aromatic heterocycles. The minimum absolute atomic E-state index is 0.209. The van der Waals surface area contributed by atoms with Gasteiger partial charge in [-0.3, -0.25) is 9.69 Å². The van der Waals surface area contributed by atoms with Crippen molar-refractivity contribution in [2.24, 2.45) is 0 Å². The Bertz CT molecular complexity index is 254. The van der Waals surface area contributed by atoms with Gasteiger partial charge in [0.2, 0.25) is 5.91 Å². The van der Waals surface area contributed by atoms with Crippen molar-refractivity contribution in [3.8, 4) is 0 Å². The van der Waals surface area contributed by atoms with E-state index in [9.17, 15) is 14.7 Å². The van der Waals surface area contributed by atoms with E-state index in [0.717, 1.165) is 4.90 Å². The van der Waals surface area contributed by atoms with E-state index in [4.69, 9.17) is 5.11 Å². The molecule has 0 unspecified atom stereocenters. The predicted octanol–water partition coefficient (Wildman–Crippen LogP) is -0.812. The molecule has 0 saturated carbocycles. The number of hydrogen-bond acceptors (Lipinski definition) is 3. The molecule has 0 spiro atoms. The lowest BCUT2D eigenvalue weighted by molar-refractivity contribution is -0.135. The second-order valence-electron chi connectivity index (χ2n) is 3.51. The molecule has 0 aliphatic carbocycles. The van der Waals surface area contributed by atoms with Crippen molar-refractivity contribution in [3.05, 3.63) is 0 Å². The molecule has 0 bridgehead atoms. The standard InChI is InChI=1S/C8H14N2O4/c1-9(2)7(12)6-5(11)3-4-10(6)8(13)14/h5-6,11H,3-4H2,1-2H3,(H,13,14)/t5-,6-/m0/s1. The molecule has 1 heterocycles. The lowest BCUT2D eigenvalue weighted by atomic mass is 10.1. The lowest BCUT2D eigenvalue weighted by Gasteiger charge is -2.25. The first-order valence-corrected chi connectivity index (χ1v) is 4.34. The van der Waals surface area contributed by atoms with Gasteiger partial charge in [0.05, 0.1) is 6.10 Å². The first kappa shape index (κ1) is 10.8. The number of likely N-dealkylation sites (N-methyl/N-ethyl adjacent to an activating group) is 1. The van der Waals surface area contributed by atoms with E-state index >= 15 is 0 Å². The van der Waals surface area contributed by atoms with Gasteiger partial charge in [-0.1, -0.05) is 0 Å². The zero-order valence-corrected chi connectivity index (χ0v) is 8.17. The Morgan fingerprint density at radius 3 is 2.43 bits per heavy atom. The predicted molar refractivity (Wildman–Crippen MR) is 47.8 cm³/mol. The molecule has 0 aromatic rings. The second kappa shape index (κ2) is 3.83. The van der Waals surface area contributed by atoms with Crippen LogP contribution < -0.4 is 0 Å². The Morgan fingerprint density at radius 1 is 1.43 bits per heavy atom. The molecule has 2 atom stereocenters. The van der Waals surface area contributed by atoms with E-state index in [-0.39, 0.29) is 12.5 Å². The second-order valence-corrected chi connectivity index (χ2v) is 3.51. The first-order valence-electron chi connectivity index (χ1n) is 4.34. The average Bonchev–Trinajstić information content (AvgIpc) is 2.45. The van der Waals surface area contributed by atoms with E-state index in [2.05, 4.69) is 0 Å². The summed E-state index contributed by atoms with van der Waals surface area (Å²) in [6.45, 7) is 0.209. The van der Waals surface area contributed by atoms with Crippen molar-refractivity contribution in [3.63, 3.8) is 0 Å². The summed E-state index contributed by atoms with van der Waals surface area (Å²) in [5.74, 6) is -0.377. The molecule has 1 aliphatic heterocycles. The normalized spacial score (nSPS) is 26.4. The fraction of sp³-hybridized carbons (Fsp3) is 0.750. The van der Waals surface area contributed by atoms with Crippen molar-refractivity contribution in [1.82, 2.24) is 9.80 Å². The van der Waals surface area contributed by atoms with Crippen molar-refractivity contribution < 1.29 is 19.8 Å². The van der Waals surface area contributed by atoms with Crippen molar-refractivity contribution in [2.75, 3.05) is 20.6 Å². The van der Waals surface area contributed by atoms with E-state index in [1.165, 1.54) is 19.0 Å². The van der Waals surface area contributed by atoms with E-state index in [0.29, 0.717) is 6.42 Å². The van der Waals surface area contributed by atoms with Crippen LogP contribution in [0.2, 0.25) is 0 Å². The van der Waals surface area contributed by atoms with Crippen molar-refractivity contribution in [2.45, 2.75) is 18.6 Å². The average molecular weight is 202 g/mol. The van der Waals surface area contributed by atoms with Gasteiger partial charge < -0.3 is 15.1 Å². The zero-order chi connectivity index (χ0) is 10.9. The number of amides is 2. The highest BCUT2D eigenvalue weighted by Crippen LogP contribution is 2.19. The fourth-order valence-electron chi connectivity index (χ4n) is 1.55. The SMILES string of the molecule is CN(C)C(=O)[C@@H]1[C@@H](O)CCN1C(=O)O. The minimum Gasteiger partial charge on any atom is -0.465 e. The summed E-state index contributed by atoms with van der Waals surface area (Å²) < 4.78 is 0. The molecule has 6 heteroatoms. The Balaban J connectivity index is 2.81. The molecule has 1 fully saturated rings. The highest BCUT2D eigenvalue weighted by molar-refractivity contribution is 5.86. The largest absolute Gasteiger partial charge is 0.465 e. The maximum absolute atomic E-state index is 11.5. The fourth-order valence-corrected chi connectivity index (χ4v) is 1.55. The van der Waals surface area contributed by atoms with Gasteiger partial charge in [0.1, 0.15) is 6.04 Å². The molecule has 1 aliphatic rings. The molecule has 14 heavy (non-hydrogen) atoms. The highest BCUT2D eigenvalue weighted by Gasteiger charge is 2.41. The van der Waals surface area contributed by atoms with E-state index in [1.807, 2.05) is 0 Å². The van der Waals surface area contributed by atoms with Crippen LogP contribution in [-0.4, -0.2) is 64.8 Å². The van der Waals surface area contributed by atoms with Gasteiger partial charge in [0, 0.05) is 20.6 Å². The topological polar surface area (TPSA) is 81.1 Å². The van der Waals surface area contributed by atoms with Gasteiger partial charge in [-0.25, -0.2) is 4.79 Å². The Kier molecular flexibility index (Phi) is 2.95. The zero-order valence-electron chi connectivity index (χ0n) is 8.17. The minimum atomic E-state index is -1.17. The number of carbonyl (C=O) groups excluding carboxylic acids is 1. The Morgan fingerprint density at radius 2 is 2.00 bits per heavy atom. The number of aliphatic hydroxyl groups is 1. The molecule has 1 saturated heterocycles. The van der Waals surface area contributed by atoms with Gasteiger partial charge in [-0.05, 0) is 6.42 Å². The maximum atomic E-state index is 11.5.